The Kier molecular flexibility index (Phi) is 3.97. The number of hydrogen-bond acceptors (Lipinski definition) is 4. The smallest absolute Gasteiger partial charge is 0.289 e. The zero-order chi connectivity index (χ0) is 13.2. The number of non-ortho nitro benzene ring substituents is 1. The lowest BCUT2D eigenvalue weighted by Crippen LogP contribution is -2.36. The van der Waals surface area contributed by atoms with Gasteiger partial charge in [0, 0.05) is 22.7 Å². The predicted octanol–water partition coefficient (Wildman–Crippen LogP) is 1.88. The average molecular weight is 267 g/mol. The molecule has 0 amide bonds. The second kappa shape index (κ2) is 4.91. The number of aliphatic hydroxyl groups is 1. The van der Waals surface area contributed by atoms with Crippen LogP contribution >= 0.6 is 11.6 Å². The summed E-state index contributed by atoms with van der Waals surface area (Å²) in [6.45, 7) is -1.47. The largest absolute Gasteiger partial charge is 0.390 e. The van der Waals surface area contributed by atoms with Gasteiger partial charge >= 0.3 is 0 Å². The highest BCUT2D eigenvalue weighted by Gasteiger charge is 2.38. The highest BCUT2D eigenvalue weighted by atomic mass is 35.5. The summed E-state index contributed by atoms with van der Waals surface area (Å²) in [5.74, 6) is -3.60. The summed E-state index contributed by atoms with van der Waals surface area (Å²) in [7, 11) is 0. The van der Waals surface area contributed by atoms with Gasteiger partial charge in [-0.3, -0.25) is 10.1 Å². The Labute approximate surface area is 99.9 Å². The molecule has 0 fully saturated rings. The van der Waals surface area contributed by atoms with Crippen molar-refractivity contribution in [1.82, 2.24) is 0 Å². The molecule has 0 radical (unpaired) electrons. The molecule has 0 saturated carbocycles. The Bertz CT molecular complexity index is 442. The minimum atomic E-state index is -3.60. The summed E-state index contributed by atoms with van der Waals surface area (Å²) in [6, 6.07) is 1.16. The predicted molar refractivity (Wildman–Crippen MR) is 57.1 cm³/mol. The van der Waals surface area contributed by atoms with E-state index < -0.39 is 29.2 Å². The molecule has 0 aliphatic carbocycles. The lowest BCUT2D eigenvalue weighted by atomic mass is 10.0. The summed E-state index contributed by atoms with van der Waals surface area (Å²) >= 11 is 5.64. The fourth-order valence-corrected chi connectivity index (χ4v) is 1.44. The summed E-state index contributed by atoms with van der Waals surface area (Å²) in [5, 5.41) is 18.9. The average Bonchev–Trinajstić information content (AvgIpc) is 2.28. The van der Waals surface area contributed by atoms with Gasteiger partial charge in [-0.2, -0.15) is 0 Å². The number of nitro benzene ring substituents is 1. The monoisotopic (exact) mass is 266 g/mol. The number of alkyl halides is 2. The van der Waals surface area contributed by atoms with E-state index in [1.165, 1.54) is 0 Å². The third-order valence-corrected chi connectivity index (χ3v) is 2.54. The van der Waals surface area contributed by atoms with Crippen molar-refractivity contribution >= 4 is 17.3 Å². The molecule has 1 rings (SSSR count). The Balaban J connectivity index is 3.21. The van der Waals surface area contributed by atoms with Gasteiger partial charge in [0.15, 0.2) is 0 Å². The van der Waals surface area contributed by atoms with E-state index in [-0.39, 0.29) is 10.6 Å². The Morgan fingerprint density at radius 1 is 1.59 bits per heavy atom. The van der Waals surface area contributed by atoms with Crippen LogP contribution in [0.4, 0.5) is 14.5 Å². The van der Waals surface area contributed by atoms with Crippen molar-refractivity contribution in [3.63, 3.8) is 0 Å². The summed E-state index contributed by atoms with van der Waals surface area (Å²) in [5.41, 5.74) is 4.56. The Morgan fingerprint density at radius 3 is 2.65 bits per heavy atom. The van der Waals surface area contributed by atoms with Gasteiger partial charge in [0.1, 0.15) is 6.61 Å². The number of aliphatic hydroxyl groups excluding tert-OH is 1. The molecule has 0 saturated heterocycles. The second-order valence-corrected chi connectivity index (χ2v) is 3.77. The van der Waals surface area contributed by atoms with Crippen LogP contribution in [0.3, 0.4) is 0 Å². The second-order valence-electron chi connectivity index (χ2n) is 3.36. The van der Waals surface area contributed by atoms with Crippen LogP contribution < -0.4 is 5.73 Å². The molecule has 0 aliphatic heterocycles. The van der Waals surface area contributed by atoms with Gasteiger partial charge < -0.3 is 10.8 Å². The van der Waals surface area contributed by atoms with Crippen LogP contribution in [0.5, 0.6) is 0 Å². The first-order chi connectivity index (χ1) is 7.79. The van der Waals surface area contributed by atoms with Gasteiger partial charge in [-0.1, -0.05) is 11.6 Å². The third kappa shape index (κ3) is 2.87. The molecule has 0 unspecified atom stereocenters. The van der Waals surface area contributed by atoms with Crippen molar-refractivity contribution in [1.29, 1.82) is 0 Å². The number of hydrogen-bond donors (Lipinski definition) is 2. The molecule has 0 bridgehead atoms. The minimum Gasteiger partial charge on any atom is -0.390 e. The molecule has 0 aromatic heterocycles. The van der Waals surface area contributed by atoms with Crippen molar-refractivity contribution in [3.05, 3.63) is 38.9 Å². The van der Waals surface area contributed by atoms with E-state index in [0.29, 0.717) is 0 Å². The Hall–Kier alpha value is -1.31. The van der Waals surface area contributed by atoms with Gasteiger partial charge in [0.25, 0.3) is 11.6 Å². The molecule has 8 heteroatoms. The van der Waals surface area contributed by atoms with Gasteiger partial charge in [0.05, 0.1) is 11.0 Å². The van der Waals surface area contributed by atoms with Crippen LogP contribution in [0.2, 0.25) is 5.02 Å². The first-order valence-electron chi connectivity index (χ1n) is 4.47. The molecule has 0 heterocycles. The van der Waals surface area contributed by atoms with Gasteiger partial charge in [-0.05, 0) is 6.07 Å². The van der Waals surface area contributed by atoms with Crippen molar-refractivity contribution in [3.8, 4) is 0 Å². The SMILES string of the molecule is N[C@@H](c1cc([N+](=O)[O-])ccc1Cl)C(F)(F)CO. The zero-order valence-electron chi connectivity index (χ0n) is 8.44. The number of nitro groups is 1. The quantitative estimate of drug-likeness (QED) is 0.643. The zero-order valence-corrected chi connectivity index (χ0v) is 9.19. The van der Waals surface area contributed by atoms with Crippen molar-refractivity contribution in [2.24, 2.45) is 5.73 Å². The van der Waals surface area contributed by atoms with Gasteiger partial charge in [0.2, 0.25) is 0 Å². The highest BCUT2D eigenvalue weighted by Crippen LogP contribution is 2.34. The molecule has 17 heavy (non-hydrogen) atoms. The normalized spacial score (nSPS) is 13.5. The number of nitrogens with zero attached hydrogens (tertiary/aromatic N) is 1. The van der Waals surface area contributed by atoms with Crippen molar-refractivity contribution in [2.45, 2.75) is 12.0 Å². The first-order valence-corrected chi connectivity index (χ1v) is 4.85. The number of nitrogens with two attached hydrogens (primary N) is 1. The van der Waals surface area contributed by atoms with Gasteiger partial charge in [-0.15, -0.1) is 0 Å². The number of rotatable bonds is 4. The van der Waals surface area contributed by atoms with E-state index in [0.717, 1.165) is 18.2 Å². The van der Waals surface area contributed by atoms with Crippen LogP contribution in [0.25, 0.3) is 0 Å². The van der Waals surface area contributed by atoms with Crippen molar-refractivity contribution in [2.75, 3.05) is 6.61 Å². The van der Waals surface area contributed by atoms with Crippen LogP contribution in [0.15, 0.2) is 18.2 Å². The first kappa shape index (κ1) is 13.8. The molecule has 1 atom stereocenters. The summed E-state index contributed by atoms with van der Waals surface area (Å²) in [4.78, 5) is 9.74. The van der Waals surface area contributed by atoms with E-state index in [9.17, 15) is 18.9 Å². The molecule has 0 spiro atoms. The fourth-order valence-electron chi connectivity index (χ4n) is 1.21. The van der Waals surface area contributed by atoms with Crippen molar-refractivity contribution < 1.29 is 18.8 Å². The number of halogens is 3. The number of benzene rings is 1. The highest BCUT2D eigenvalue weighted by molar-refractivity contribution is 6.31. The molecule has 1 aromatic rings. The van der Waals surface area contributed by atoms with E-state index in [1.807, 2.05) is 0 Å². The third-order valence-electron chi connectivity index (χ3n) is 2.19. The fraction of sp³-hybridized carbons (Fsp3) is 0.333. The van der Waals surface area contributed by atoms with E-state index in [2.05, 4.69) is 0 Å². The lowest BCUT2D eigenvalue weighted by molar-refractivity contribution is -0.385. The standard InChI is InChI=1S/C9H9ClF2N2O3/c10-7-2-1-5(14(16)17)3-6(7)8(13)9(11,12)4-15/h1-3,8,15H,4,13H2/t8-/m0/s1. The van der Waals surface area contributed by atoms with E-state index in [4.69, 9.17) is 22.4 Å². The lowest BCUT2D eigenvalue weighted by Gasteiger charge is -2.22. The maximum absolute atomic E-state index is 13.1. The molecular formula is C9H9ClF2N2O3. The molecule has 5 nitrogen and oxygen atoms in total. The van der Waals surface area contributed by atoms with E-state index >= 15 is 0 Å². The topological polar surface area (TPSA) is 89.4 Å². The molecule has 3 N–H and O–H groups in total. The molecule has 1 aromatic carbocycles. The molecule has 0 aliphatic rings. The maximum Gasteiger partial charge on any atom is 0.289 e. The summed E-state index contributed by atoms with van der Waals surface area (Å²) in [6.07, 6.45) is 0. The molecular weight excluding hydrogens is 258 g/mol. The van der Waals surface area contributed by atoms with Gasteiger partial charge in [-0.25, -0.2) is 8.78 Å². The van der Waals surface area contributed by atoms with Crippen LogP contribution in [-0.4, -0.2) is 22.6 Å². The Morgan fingerprint density at radius 2 is 2.18 bits per heavy atom. The van der Waals surface area contributed by atoms with E-state index in [1.54, 1.807) is 0 Å². The van der Waals surface area contributed by atoms with Crippen LogP contribution in [0.1, 0.15) is 11.6 Å². The van der Waals surface area contributed by atoms with Crippen LogP contribution in [0, 0.1) is 10.1 Å². The van der Waals surface area contributed by atoms with Crippen LogP contribution in [-0.2, 0) is 0 Å². The maximum atomic E-state index is 13.1. The summed E-state index contributed by atoms with van der Waals surface area (Å²) < 4.78 is 26.3. The minimum absolute atomic E-state index is 0.115. The molecule has 94 valence electrons.